The molecule has 1 aromatic rings. The fourth-order valence-electron chi connectivity index (χ4n) is 1.46. The fraction of sp³-hybridized carbons (Fsp3) is 0.643. The molecule has 1 unspecified atom stereocenters. The highest BCUT2D eigenvalue weighted by molar-refractivity contribution is 5.86. The van der Waals surface area contributed by atoms with E-state index in [4.69, 9.17) is 4.42 Å². The summed E-state index contributed by atoms with van der Waals surface area (Å²) in [5.41, 5.74) is 0.0477. The Bertz CT molecular complexity index is 424. The third-order valence-electron chi connectivity index (χ3n) is 3.49. The number of rotatable bonds is 6. The minimum atomic E-state index is -0.452. The zero-order chi connectivity index (χ0) is 14.6. The average Bonchev–Trinajstić information content (AvgIpc) is 2.84. The van der Waals surface area contributed by atoms with Crippen LogP contribution < -0.4 is 5.32 Å². The molecule has 0 bridgehead atoms. The molecule has 0 saturated carbocycles. The molecule has 0 aliphatic heterocycles. The van der Waals surface area contributed by atoms with Crippen LogP contribution in [0.5, 0.6) is 0 Å². The van der Waals surface area contributed by atoms with Crippen molar-refractivity contribution in [2.75, 3.05) is 27.7 Å². The molecule has 0 aliphatic carbocycles. The first-order valence-corrected chi connectivity index (χ1v) is 6.37. The number of carbonyl (C=O) groups excluding carboxylic acids is 1. The second-order valence-corrected chi connectivity index (χ2v) is 5.50. The topological polar surface area (TPSA) is 54.7 Å². The number of carbonyl (C=O) groups is 1. The summed E-state index contributed by atoms with van der Waals surface area (Å²) in [6.45, 7) is 7.14. The molecule has 0 amide bonds. The zero-order valence-electron chi connectivity index (χ0n) is 12.6. The fourth-order valence-corrected chi connectivity index (χ4v) is 1.46. The maximum absolute atomic E-state index is 11.3. The van der Waals surface area contributed by atoms with Gasteiger partial charge in [0.1, 0.15) is 5.76 Å². The van der Waals surface area contributed by atoms with E-state index in [-0.39, 0.29) is 17.3 Å². The lowest BCUT2D eigenvalue weighted by molar-refractivity contribution is 0.0562. The number of hydrogen-bond acceptors (Lipinski definition) is 5. The molecule has 1 rings (SSSR count). The summed E-state index contributed by atoms with van der Waals surface area (Å²) in [5.74, 6) is 0.514. The Hall–Kier alpha value is -1.33. The molecule has 0 radical (unpaired) electrons. The van der Waals surface area contributed by atoms with E-state index in [1.54, 1.807) is 12.1 Å². The molecule has 0 spiro atoms. The van der Waals surface area contributed by atoms with Crippen molar-refractivity contribution >= 4 is 5.97 Å². The summed E-state index contributed by atoms with van der Waals surface area (Å²) in [6, 6.07) is 3.47. The van der Waals surface area contributed by atoms with Gasteiger partial charge in [-0.05, 0) is 47.0 Å². The smallest absolute Gasteiger partial charge is 0.373 e. The summed E-state index contributed by atoms with van der Waals surface area (Å²) in [4.78, 5) is 13.5. The van der Waals surface area contributed by atoms with Crippen molar-refractivity contribution in [1.29, 1.82) is 0 Å². The SMILES string of the molecule is COC(=O)c1ccc(C(C)NCC(C)(C)N(C)C)o1. The van der Waals surface area contributed by atoms with Gasteiger partial charge in [-0.3, -0.25) is 0 Å². The number of methoxy groups -OCH3 is 1. The van der Waals surface area contributed by atoms with Crippen molar-refractivity contribution in [2.45, 2.75) is 32.4 Å². The molecule has 5 nitrogen and oxygen atoms in total. The standard InChI is InChI=1S/C14H24N2O3/c1-10(15-9-14(2,3)16(4)5)11-7-8-12(19-11)13(17)18-6/h7-8,10,15H,9H2,1-6H3. The predicted octanol–water partition coefficient (Wildman–Crippen LogP) is 2.06. The van der Waals surface area contributed by atoms with Crippen LogP contribution in [-0.2, 0) is 4.74 Å². The maximum atomic E-state index is 11.3. The van der Waals surface area contributed by atoms with Crippen molar-refractivity contribution in [3.05, 3.63) is 23.7 Å². The lowest BCUT2D eigenvalue weighted by atomic mass is 10.0. The van der Waals surface area contributed by atoms with Crippen molar-refractivity contribution in [3.8, 4) is 0 Å². The van der Waals surface area contributed by atoms with Crippen LogP contribution in [0.15, 0.2) is 16.5 Å². The number of esters is 1. The first-order valence-electron chi connectivity index (χ1n) is 6.37. The second-order valence-electron chi connectivity index (χ2n) is 5.50. The molecule has 19 heavy (non-hydrogen) atoms. The van der Waals surface area contributed by atoms with Crippen LogP contribution in [0, 0.1) is 0 Å². The number of furan rings is 1. The van der Waals surface area contributed by atoms with Gasteiger partial charge in [0, 0.05) is 12.1 Å². The van der Waals surface area contributed by atoms with Crippen LogP contribution in [0.25, 0.3) is 0 Å². The molecule has 1 heterocycles. The highest BCUT2D eigenvalue weighted by Crippen LogP contribution is 2.18. The molecule has 108 valence electrons. The quantitative estimate of drug-likeness (QED) is 0.800. The van der Waals surface area contributed by atoms with Crippen LogP contribution in [-0.4, -0.2) is 44.2 Å². The number of hydrogen-bond donors (Lipinski definition) is 1. The number of nitrogens with one attached hydrogen (secondary N) is 1. The summed E-state index contributed by atoms with van der Waals surface area (Å²) in [7, 11) is 5.44. The Morgan fingerprint density at radius 2 is 2.11 bits per heavy atom. The summed E-state index contributed by atoms with van der Waals surface area (Å²) in [6.07, 6.45) is 0. The van der Waals surface area contributed by atoms with Crippen molar-refractivity contribution in [2.24, 2.45) is 0 Å². The molecule has 0 saturated heterocycles. The molecule has 1 N–H and O–H groups in total. The van der Waals surface area contributed by atoms with E-state index in [2.05, 4.69) is 42.9 Å². The van der Waals surface area contributed by atoms with Crippen molar-refractivity contribution < 1.29 is 13.9 Å². The van der Waals surface area contributed by atoms with Crippen LogP contribution in [0.1, 0.15) is 43.1 Å². The number of likely N-dealkylation sites (N-methyl/N-ethyl adjacent to an activating group) is 1. The first kappa shape index (κ1) is 15.7. The van der Waals surface area contributed by atoms with Gasteiger partial charge in [0.25, 0.3) is 0 Å². The van der Waals surface area contributed by atoms with Gasteiger partial charge in [-0.1, -0.05) is 0 Å². The second kappa shape index (κ2) is 6.21. The Morgan fingerprint density at radius 3 is 2.63 bits per heavy atom. The van der Waals surface area contributed by atoms with Crippen LogP contribution in [0.2, 0.25) is 0 Å². The minimum absolute atomic E-state index is 0.0395. The molecule has 0 fully saturated rings. The maximum Gasteiger partial charge on any atom is 0.373 e. The monoisotopic (exact) mass is 268 g/mol. The van der Waals surface area contributed by atoms with Crippen molar-refractivity contribution in [3.63, 3.8) is 0 Å². The molecule has 5 heteroatoms. The minimum Gasteiger partial charge on any atom is -0.463 e. The van der Waals surface area contributed by atoms with Gasteiger partial charge in [0.2, 0.25) is 5.76 Å². The number of ether oxygens (including phenoxy) is 1. The molecule has 1 aromatic heterocycles. The molecule has 0 aliphatic rings. The summed E-state index contributed by atoms with van der Waals surface area (Å²) in [5, 5.41) is 3.40. The van der Waals surface area contributed by atoms with Gasteiger partial charge in [-0.25, -0.2) is 4.79 Å². The van der Waals surface area contributed by atoms with E-state index < -0.39 is 5.97 Å². The molecule has 0 aromatic carbocycles. The highest BCUT2D eigenvalue weighted by Gasteiger charge is 2.22. The molecular weight excluding hydrogens is 244 g/mol. The van der Waals surface area contributed by atoms with Crippen LogP contribution in [0.4, 0.5) is 0 Å². The van der Waals surface area contributed by atoms with Gasteiger partial charge < -0.3 is 19.4 Å². The summed E-state index contributed by atoms with van der Waals surface area (Å²) >= 11 is 0. The third-order valence-corrected chi connectivity index (χ3v) is 3.49. The Morgan fingerprint density at radius 1 is 1.47 bits per heavy atom. The van der Waals surface area contributed by atoms with Gasteiger partial charge >= 0.3 is 5.97 Å². The van der Waals surface area contributed by atoms with E-state index in [1.807, 2.05) is 6.92 Å². The van der Waals surface area contributed by atoms with Crippen LogP contribution >= 0.6 is 0 Å². The van der Waals surface area contributed by atoms with Gasteiger partial charge in [-0.2, -0.15) is 0 Å². The van der Waals surface area contributed by atoms with Gasteiger partial charge in [-0.15, -0.1) is 0 Å². The van der Waals surface area contributed by atoms with E-state index in [0.29, 0.717) is 0 Å². The first-order chi connectivity index (χ1) is 8.77. The predicted molar refractivity (Wildman–Crippen MR) is 74.2 cm³/mol. The molecule has 1 atom stereocenters. The van der Waals surface area contributed by atoms with Crippen LogP contribution in [0.3, 0.4) is 0 Å². The molecular formula is C14H24N2O3. The van der Waals surface area contributed by atoms with E-state index in [9.17, 15) is 4.79 Å². The number of nitrogens with zero attached hydrogens (tertiary/aromatic N) is 1. The van der Waals surface area contributed by atoms with Gasteiger partial charge in [0.05, 0.1) is 13.2 Å². The lowest BCUT2D eigenvalue weighted by Crippen LogP contribution is -2.47. The average molecular weight is 268 g/mol. The Labute approximate surface area is 114 Å². The Balaban J connectivity index is 2.61. The largest absolute Gasteiger partial charge is 0.463 e. The normalized spacial score (nSPS) is 13.6. The Kier molecular flexibility index (Phi) is 5.14. The van der Waals surface area contributed by atoms with Gasteiger partial charge in [0.15, 0.2) is 0 Å². The van der Waals surface area contributed by atoms with E-state index in [0.717, 1.165) is 12.3 Å². The summed E-state index contributed by atoms with van der Waals surface area (Å²) < 4.78 is 10.1. The van der Waals surface area contributed by atoms with Crippen molar-refractivity contribution in [1.82, 2.24) is 10.2 Å². The lowest BCUT2D eigenvalue weighted by Gasteiger charge is -2.33. The zero-order valence-corrected chi connectivity index (χ0v) is 12.6. The van der Waals surface area contributed by atoms with E-state index in [1.165, 1.54) is 7.11 Å². The highest BCUT2D eigenvalue weighted by atomic mass is 16.5. The third kappa shape index (κ3) is 4.08. The van der Waals surface area contributed by atoms with E-state index >= 15 is 0 Å².